The summed E-state index contributed by atoms with van der Waals surface area (Å²) in [6.45, 7) is 0.838. The summed E-state index contributed by atoms with van der Waals surface area (Å²) in [5, 5.41) is 2.82. The molecule has 0 aliphatic carbocycles. The molecule has 3 rings (SSSR count). The number of hydrogen-bond acceptors (Lipinski definition) is 4. The molecule has 0 aliphatic heterocycles. The Morgan fingerprint density at radius 3 is 2.52 bits per heavy atom. The predicted octanol–water partition coefficient (Wildman–Crippen LogP) is 2.68. The number of carbonyl (C=O) groups is 2. The van der Waals surface area contributed by atoms with Gasteiger partial charge in [-0.05, 0) is 29.3 Å². The maximum absolute atomic E-state index is 12.6. The van der Waals surface area contributed by atoms with Crippen molar-refractivity contribution < 1.29 is 9.59 Å². The van der Waals surface area contributed by atoms with Gasteiger partial charge in [0, 0.05) is 44.3 Å². The standard InChI is InChI=1S/C21H20N4O2/c1-25(15-16-6-3-2-4-7-16)21(27)19-12-18(9-11-23-19)20(26)24-14-17-8-5-10-22-13-17/h2-13H,14-15H2,1H3,(H,24,26). The van der Waals surface area contributed by atoms with Crippen LogP contribution in [0.3, 0.4) is 0 Å². The zero-order chi connectivity index (χ0) is 19.1. The van der Waals surface area contributed by atoms with Gasteiger partial charge in [-0.25, -0.2) is 0 Å². The first-order chi connectivity index (χ1) is 13.1. The molecule has 0 spiro atoms. The normalized spacial score (nSPS) is 10.3. The summed E-state index contributed by atoms with van der Waals surface area (Å²) >= 11 is 0. The second kappa shape index (κ2) is 8.71. The first-order valence-electron chi connectivity index (χ1n) is 8.56. The highest BCUT2D eigenvalue weighted by Gasteiger charge is 2.16. The zero-order valence-corrected chi connectivity index (χ0v) is 15.0. The summed E-state index contributed by atoms with van der Waals surface area (Å²) < 4.78 is 0. The van der Waals surface area contributed by atoms with Crippen LogP contribution in [0.5, 0.6) is 0 Å². The summed E-state index contributed by atoms with van der Waals surface area (Å²) in [4.78, 5) is 34.7. The number of aromatic nitrogens is 2. The van der Waals surface area contributed by atoms with E-state index in [0.29, 0.717) is 18.7 Å². The molecule has 1 aromatic carbocycles. The first kappa shape index (κ1) is 18.3. The minimum atomic E-state index is -0.263. The second-order valence-corrected chi connectivity index (χ2v) is 6.12. The van der Waals surface area contributed by atoms with Crippen molar-refractivity contribution in [3.8, 4) is 0 Å². The number of rotatable bonds is 6. The lowest BCUT2D eigenvalue weighted by Gasteiger charge is -2.17. The van der Waals surface area contributed by atoms with Crippen LogP contribution in [0.1, 0.15) is 32.0 Å². The summed E-state index contributed by atoms with van der Waals surface area (Å²) in [7, 11) is 1.71. The van der Waals surface area contributed by atoms with E-state index in [-0.39, 0.29) is 17.5 Å². The molecule has 0 radical (unpaired) electrons. The number of benzene rings is 1. The number of carbonyl (C=O) groups excluding carboxylic acids is 2. The Bertz CT molecular complexity index is 914. The predicted molar refractivity (Wildman–Crippen MR) is 102 cm³/mol. The molecule has 1 N–H and O–H groups in total. The molecule has 6 heteroatoms. The van der Waals surface area contributed by atoms with Crippen molar-refractivity contribution in [2.24, 2.45) is 0 Å². The van der Waals surface area contributed by atoms with Gasteiger partial charge in [0.2, 0.25) is 0 Å². The van der Waals surface area contributed by atoms with Crippen LogP contribution >= 0.6 is 0 Å². The molecule has 6 nitrogen and oxygen atoms in total. The fourth-order valence-corrected chi connectivity index (χ4v) is 2.60. The highest BCUT2D eigenvalue weighted by molar-refractivity contribution is 5.98. The molecule has 27 heavy (non-hydrogen) atoms. The average Bonchev–Trinajstić information content (AvgIpc) is 2.73. The quantitative estimate of drug-likeness (QED) is 0.733. The third-order valence-electron chi connectivity index (χ3n) is 4.03. The fraction of sp³-hybridized carbons (Fsp3) is 0.143. The van der Waals surface area contributed by atoms with Crippen LogP contribution in [0.2, 0.25) is 0 Å². The number of nitrogens with one attached hydrogen (secondary N) is 1. The van der Waals surface area contributed by atoms with Crippen molar-refractivity contribution in [3.63, 3.8) is 0 Å². The van der Waals surface area contributed by atoms with E-state index in [1.165, 1.54) is 12.3 Å². The van der Waals surface area contributed by atoms with E-state index in [1.54, 1.807) is 30.4 Å². The Kier molecular flexibility index (Phi) is 5.89. The van der Waals surface area contributed by atoms with Gasteiger partial charge in [0.05, 0.1) is 0 Å². The Labute approximate surface area is 157 Å². The molecule has 0 aliphatic rings. The smallest absolute Gasteiger partial charge is 0.272 e. The third kappa shape index (κ3) is 4.98. The van der Waals surface area contributed by atoms with E-state index in [9.17, 15) is 9.59 Å². The van der Waals surface area contributed by atoms with Crippen LogP contribution in [0.25, 0.3) is 0 Å². The molecular formula is C21H20N4O2. The van der Waals surface area contributed by atoms with E-state index in [1.807, 2.05) is 42.5 Å². The molecular weight excluding hydrogens is 340 g/mol. The summed E-state index contributed by atoms with van der Waals surface area (Å²) in [5.74, 6) is -0.498. The fourth-order valence-electron chi connectivity index (χ4n) is 2.60. The van der Waals surface area contributed by atoms with Gasteiger partial charge in [-0.2, -0.15) is 0 Å². The second-order valence-electron chi connectivity index (χ2n) is 6.12. The molecule has 0 bridgehead atoms. The van der Waals surface area contributed by atoms with Crippen LogP contribution in [0.4, 0.5) is 0 Å². The topological polar surface area (TPSA) is 75.2 Å². The summed E-state index contributed by atoms with van der Waals surface area (Å²) in [6, 6.07) is 16.5. The van der Waals surface area contributed by atoms with Crippen LogP contribution in [0, 0.1) is 0 Å². The van der Waals surface area contributed by atoms with E-state index in [0.717, 1.165) is 11.1 Å². The zero-order valence-electron chi connectivity index (χ0n) is 15.0. The summed E-state index contributed by atoms with van der Waals surface area (Å²) in [6.07, 6.45) is 4.85. The van der Waals surface area contributed by atoms with E-state index < -0.39 is 0 Å². The largest absolute Gasteiger partial charge is 0.348 e. The lowest BCUT2D eigenvalue weighted by atomic mass is 10.1. The van der Waals surface area contributed by atoms with E-state index >= 15 is 0 Å². The van der Waals surface area contributed by atoms with Crippen molar-refractivity contribution >= 4 is 11.8 Å². The minimum Gasteiger partial charge on any atom is -0.348 e. The molecule has 0 saturated heterocycles. The van der Waals surface area contributed by atoms with Crippen molar-refractivity contribution in [2.75, 3.05) is 7.05 Å². The molecule has 2 amide bonds. The lowest BCUT2D eigenvalue weighted by molar-refractivity contribution is 0.0779. The lowest BCUT2D eigenvalue weighted by Crippen LogP contribution is -2.28. The van der Waals surface area contributed by atoms with Crippen molar-refractivity contribution in [3.05, 3.63) is 95.6 Å². The first-order valence-corrected chi connectivity index (χ1v) is 8.56. The number of pyridine rings is 2. The van der Waals surface area contributed by atoms with E-state index in [2.05, 4.69) is 15.3 Å². The molecule has 0 fully saturated rings. The third-order valence-corrected chi connectivity index (χ3v) is 4.03. The summed E-state index contributed by atoms with van der Waals surface area (Å²) in [5.41, 5.74) is 2.56. The van der Waals surface area contributed by atoms with Crippen LogP contribution in [-0.2, 0) is 13.1 Å². The number of amides is 2. The van der Waals surface area contributed by atoms with Gasteiger partial charge in [0.15, 0.2) is 0 Å². The number of nitrogens with zero attached hydrogens (tertiary/aromatic N) is 3. The van der Waals surface area contributed by atoms with Gasteiger partial charge in [-0.1, -0.05) is 36.4 Å². The van der Waals surface area contributed by atoms with Gasteiger partial charge in [-0.3, -0.25) is 19.6 Å². The highest BCUT2D eigenvalue weighted by atomic mass is 16.2. The maximum atomic E-state index is 12.6. The number of hydrogen-bond donors (Lipinski definition) is 1. The molecule has 2 aromatic heterocycles. The maximum Gasteiger partial charge on any atom is 0.272 e. The van der Waals surface area contributed by atoms with Crippen molar-refractivity contribution in [2.45, 2.75) is 13.1 Å². The van der Waals surface area contributed by atoms with Gasteiger partial charge < -0.3 is 10.2 Å². The Morgan fingerprint density at radius 2 is 1.78 bits per heavy atom. The average molecular weight is 360 g/mol. The van der Waals surface area contributed by atoms with Gasteiger partial charge in [-0.15, -0.1) is 0 Å². The van der Waals surface area contributed by atoms with Crippen molar-refractivity contribution in [1.29, 1.82) is 0 Å². The SMILES string of the molecule is CN(Cc1ccccc1)C(=O)c1cc(C(=O)NCc2cccnc2)ccn1. The highest BCUT2D eigenvalue weighted by Crippen LogP contribution is 2.09. The van der Waals surface area contributed by atoms with Crippen molar-refractivity contribution in [1.82, 2.24) is 20.2 Å². The Balaban J connectivity index is 1.65. The molecule has 0 unspecified atom stereocenters. The molecule has 3 aromatic rings. The molecule has 2 heterocycles. The molecule has 0 saturated carbocycles. The monoisotopic (exact) mass is 360 g/mol. The van der Waals surface area contributed by atoms with Gasteiger partial charge in [0.1, 0.15) is 5.69 Å². The van der Waals surface area contributed by atoms with Crippen LogP contribution in [0.15, 0.2) is 73.2 Å². The van der Waals surface area contributed by atoms with Gasteiger partial charge >= 0.3 is 0 Å². The Morgan fingerprint density at radius 1 is 1.00 bits per heavy atom. The van der Waals surface area contributed by atoms with Gasteiger partial charge in [0.25, 0.3) is 11.8 Å². The molecule has 0 atom stereocenters. The van der Waals surface area contributed by atoms with Crippen LogP contribution in [-0.4, -0.2) is 33.7 Å². The van der Waals surface area contributed by atoms with Crippen LogP contribution < -0.4 is 5.32 Å². The van der Waals surface area contributed by atoms with E-state index in [4.69, 9.17) is 0 Å². The minimum absolute atomic E-state index is 0.235. The molecule has 136 valence electrons. The Hall–Kier alpha value is -3.54.